The zero-order valence-corrected chi connectivity index (χ0v) is 17.4. The summed E-state index contributed by atoms with van der Waals surface area (Å²) in [5.74, 6) is -1.26. The Morgan fingerprint density at radius 3 is 2.52 bits per heavy atom. The highest BCUT2D eigenvalue weighted by atomic mass is 16.6. The highest BCUT2D eigenvalue weighted by Gasteiger charge is 2.34. The molecule has 0 aromatic heterocycles. The molecular formula is C23H25N3O5. The topological polar surface area (TPSA) is 102 Å². The van der Waals surface area contributed by atoms with Crippen LogP contribution in [0, 0.1) is 16.0 Å². The van der Waals surface area contributed by atoms with Crippen molar-refractivity contribution in [2.45, 2.75) is 19.8 Å². The highest BCUT2D eigenvalue weighted by molar-refractivity contribution is 6.05. The van der Waals surface area contributed by atoms with Crippen LogP contribution in [-0.2, 0) is 16.0 Å². The van der Waals surface area contributed by atoms with Gasteiger partial charge in [0.15, 0.2) is 0 Å². The third-order valence-corrected chi connectivity index (χ3v) is 5.18. The maximum atomic E-state index is 12.9. The first-order valence-corrected chi connectivity index (χ1v) is 10.3. The summed E-state index contributed by atoms with van der Waals surface area (Å²) in [6, 6.07) is 15.5. The molecule has 2 aromatic carbocycles. The van der Waals surface area contributed by atoms with Crippen molar-refractivity contribution in [1.29, 1.82) is 0 Å². The van der Waals surface area contributed by atoms with Crippen molar-refractivity contribution in [2.24, 2.45) is 10.9 Å². The van der Waals surface area contributed by atoms with Gasteiger partial charge >= 0.3 is 5.97 Å². The standard InChI is InChI=1S/C23H25N3O5/c1-2-31-23(28)20-16-25(22(27)18-8-10-19(11-9-18)26(29)30)15-13-21(20)24-14-12-17-6-4-3-5-7-17/h3-11,20H,2,12-16H2,1H3. The van der Waals surface area contributed by atoms with E-state index in [1.807, 2.05) is 30.3 Å². The number of nitro groups is 1. The number of nitro benzene ring substituents is 1. The number of non-ortho nitro benzene ring substituents is 1. The lowest BCUT2D eigenvalue weighted by Crippen LogP contribution is -2.47. The minimum atomic E-state index is -0.605. The summed E-state index contributed by atoms with van der Waals surface area (Å²) in [5.41, 5.74) is 2.19. The van der Waals surface area contributed by atoms with Crippen molar-refractivity contribution < 1.29 is 19.2 Å². The molecule has 1 fully saturated rings. The molecule has 31 heavy (non-hydrogen) atoms. The van der Waals surface area contributed by atoms with Gasteiger partial charge in [-0.15, -0.1) is 0 Å². The molecule has 0 saturated carbocycles. The van der Waals surface area contributed by atoms with Gasteiger partial charge in [-0.3, -0.25) is 24.7 Å². The van der Waals surface area contributed by atoms with Crippen molar-refractivity contribution in [3.63, 3.8) is 0 Å². The molecule has 0 spiro atoms. The minimum Gasteiger partial charge on any atom is -0.465 e. The van der Waals surface area contributed by atoms with Gasteiger partial charge in [0, 0.05) is 49.5 Å². The number of amides is 1. The number of ether oxygens (including phenoxy) is 1. The molecule has 0 radical (unpaired) electrons. The van der Waals surface area contributed by atoms with Crippen LogP contribution in [-0.4, -0.2) is 53.7 Å². The summed E-state index contributed by atoms with van der Waals surface area (Å²) in [5, 5.41) is 10.8. The SMILES string of the molecule is CCOC(=O)C1CN(C(=O)c2ccc([N+](=O)[O-])cc2)CCC1=NCCc1ccccc1. The summed E-state index contributed by atoms with van der Waals surface area (Å²) >= 11 is 0. The van der Waals surface area contributed by atoms with Gasteiger partial charge < -0.3 is 9.64 Å². The first kappa shape index (κ1) is 22.1. The quantitative estimate of drug-likeness (QED) is 0.386. The molecule has 8 nitrogen and oxygen atoms in total. The Balaban J connectivity index is 1.70. The van der Waals surface area contributed by atoms with Gasteiger partial charge in [-0.1, -0.05) is 30.3 Å². The molecule has 1 atom stereocenters. The monoisotopic (exact) mass is 423 g/mol. The molecular weight excluding hydrogens is 398 g/mol. The predicted octanol–water partition coefficient (Wildman–Crippen LogP) is 3.30. The number of benzene rings is 2. The molecule has 1 saturated heterocycles. The Labute approximate surface area is 180 Å². The molecule has 3 rings (SSSR count). The van der Waals surface area contributed by atoms with Crippen molar-refractivity contribution in [3.05, 3.63) is 75.8 Å². The predicted molar refractivity (Wildman–Crippen MR) is 116 cm³/mol. The summed E-state index contributed by atoms with van der Waals surface area (Å²) in [6.45, 7) is 3.16. The zero-order valence-electron chi connectivity index (χ0n) is 17.4. The van der Waals surface area contributed by atoms with Gasteiger partial charge in [0.05, 0.1) is 11.5 Å². The zero-order chi connectivity index (χ0) is 22.2. The smallest absolute Gasteiger partial charge is 0.316 e. The third-order valence-electron chi connectivity index (χ3n) is 5.18. The van der Waals surface area contributed by atoms with Crippen LogP contribution in [0.4, 0.5) is 5.69 Å². The van der Waals surface area contributed by atoms with Crippen LogP contribution in [0.2, 0.25) is 0 Å². The number of rotatable bonds is 7. The Bertz CT molecular complexity index is 957. The summed E-state index contributed by atoms with van der Waals surface area (Å²) < 4.78 is 5.22. The van der Waals surface area contributed by atoms with Crippen molar-refractivity contribution in [1.82, 2.24) is 4.90 Å². The molecule has 0 N–H and O–H groups in total. The summed E-state index contributed by atoms with van der Waals surface area (Å²) in [4.78, 5) is 42.0. The van der Waals surface area contributed by atoms with Gasteiger partial charge in [0.1, 0.15) is 5.92 Å². The fourth-order valence-electron chi connectivity index (χ4n) is 3.55. The molecule has 1 aliphatic rings. The number of piperidine rings is 1. The molecule has 162 valence electrons. The van der Waals surface area contributed by atoms with Crippen molar-refractivity contribution in [3.8, 4) is 0 Å². The van der Waals surface area contributed by atoms with E-state index in [-0.39, 0.29) is 30.7 Å². The lowest BCUT2D eigenvalue weighted by molar-refractivity contribution is -0.384. The van der Waals surface area contributed by atoms with Gasteiger partial charge in [-0.05, 0) is 31.0 Å². The van der Waals surface area contributed by atoms with Gasteiger partial charge in [-0.25, -0.2) is 0 Å². The number of hydrogen-bond acceptors (Lipinski definition) is 6. The molecule has 1 unspecified atom stereocenters. The fourth-order valence-corrected chi connectivity index (χ4v) is 3.55. The fraction of sp³-hybridized carbons (Fsp3) is 0.348. The number of aliphatic imine (C=N–C) groups is 1. The van der Waals surface area contributed by atoms with E-state index < -0.39 is 10.8 Å². The minimum absolute atomic E-state index is 0.0765. The second-order valence-corrected chi connectivity index (χ2v) is 7.22. The van der Waals surface area contributed by atoms with E-state index in [0.29, 0.717) is 25.1 Å². The molecule has 1 aliphatic heterocycles. The maximum absolute atomic E-state index is 12.9. The van der Waals surface area contributed by atoms with Crippen molar-refractivity contribution >= 4 is 23.3 Å². The molecule has 2 aromatic rings. The number of carbonyl (C=O) groups excluding carboxylic acids is 2. The van der Waals surface area contributed by atoms with E-state index in [1.165, 1.54) is 29.8 Å². The molecule has 0 aliphatic carbocycles. The second-order valence-electron chi connectivity index (χ2n) is 7.22. The van der Waals surface area contributed by atoms with Crippen LogP contribution in [0.15, 0.2) is 59.6 Å². The van der Waals surface area contributed by atoms with Crippen LogP contribution in [0.25, 0.3) is 0 Å². The van der Waals surface area contributed by atoms with E-state index >= 15 is 0 Å². The lowest BCUT2D eigenvalue weighted by Gasteiger charge is -2.33. The van der Waals surface area contributed by atoms with E-state index in [0.717, 1.165) is 12.1 Å². The number of nitrogens with zero attached hydrogens (tertiary/aromatic N) is 3. The lowest BCUT2D eigenvalue weighted by atomic mass is 9.94. The largest absolute Gasteiger partial charge is 0.465 e. The van der Waals surface area contributed by atoms with Gasteiger partial charge in [-0.2, -0.15) is 0 Å². The van der Waals surface area contributed by atoms with Gasteiger partial charge in [0.2, 0.25) is 0 Å². The Kier molecular flexibility index (Phi) is 7.48. The molecule has 8 heteroatoms. The molecule has 1 amide bonds. The van der Waals surface area contributed by atoms with Crippen LogP contribution in [0.3, 0.4) is 0 Å². The Hall–Kier alpha value is -3.55. The maximum Gasteiger partial charge on any atom is 0.316 e. The van der Waals surface area contributed by atoms with Crippen LogP contribution < -0.4 is 0 Å². The number of esters is 1. The molecule has 1 heterocycles. The number of carbonyl (C=O) groups is 2. The molecule has 0 bridgehead atoms. The second kappa shape index (κ2) is 10.5. The Morgan fingerprint density at radius 2 is 1.87 bits per heavy atom. The number of likely N-dealkylation sites (tertiary alicyclic amines) is 1. The number of hydrogen-bond donors (Lipinski definition) is 0. The van der Waals surface area contributed by atoms with E-state index in [1.54, 1.807) is 11.8 Å². The highest BCUT2D eigenvalue weighted by Crippen LogP contribution is 2.20. The normalized spacial score (nSPS) is 17.4. The van der Waals surface area contributed by atoms with E-state index in [4.69, 9.17) is 4.74 Å². The van der Waals surface area contributed by atoms with Gasteiger partial charge in [0.25, 0.3) is 11.6 Å². The first-order valence-electron chi connectivity index (χ1n) is 10.3. The summed E-state index contributed by atoms with van der Waals surface area (Å²) in [7, 11) is 0. The average molecular weight is 423 g/mol. The Morgan fingerprint density at radius 1 is 1.16 bits per heavy atom. The van der Waals surface area contributed by atoms with Crippen LogP contribution >= 0.6 is 0 Å². The van der Waals surface area contributed by atoms with E-state index in [9.17, 15) is 19.7 Å². The van der Waals surface area contributed by atoms with Crippen LogP contribution in [0.1, 0.15) is 29.3 Å². The first-order chi connectivity index (χ1) is 15.0. The third kappa shape index (κ3) is 5.75. The van der Waals surface area contributed by atoms with E-state index in [2.05, 4.69) is 4.99 Å². The van der Waals surface area contributed by atoms with Crippen molar-refractivity contribution in [2.75, 3.05) is 26.2 Å². The van der Waals surface area contributed by atoms with Crippen LogP contribution in [0.5, 0.6) is 0 Å². The summed E-state index contributed by atoms with van der Waals surface area (Å²) in [6.07, 6.45) is 1.25. The average Bonchev–Trinajstić information content (AvgIpc) is 2.79.